The Morgan fingerprint density at radius 3 is 3.05 bits per heavy atom. The number of azide groups is 1. The van der Waals surface area contributed by atoms with Gasteiger partial charge in [-0.2, -0.15) is 0 Å². The molecule has 2 rings (SSSR count). The highest BCUT2D eigenvalue weighted by atomic mass is 35.5. The summed E-state index contributed by atoms with van der Waals surface area (Å²) >= 11 is 5.91. The normalized spacial score (nSPS) is 10.0. The zero-order valence-corrected chi connectivity index (χ0v) is 10.8. The quantitative estimate of drug-likeness (QED) is 0.367. The predicted octanol–water partition coefficient (Wildman–Crippen LogP) is 4.01. The maximum Gasteiger partial charge on any atom is 0.340 e. The van der Waals surface area contributed by atoms with Gasteiger partial charge in [0, 0.05) is 21.5 Å². The molecule has 0 fully saturated rings. The van der Waals surface area contributed by atoms with Crippen molar-refractivity contribution in [1.82, 2.24) is 4.98 Å². The molecular weight excluding hydrogens is 268 g/mol. The van der Waals surface area contributed by atoms with Crippen molar-refractivity contribution in [2.75, 3.05) is 6.61 Å². The number of carbonyl (C=O) groups is 1. The molecule has 0 saturated heterocycles. The number of hydrogen-bond acceptors (Lipinski definition) is 4. The minimum absolute atomic E-state index is 0.120. The van der Waals surface area contributed by atoms with E-state index in [-0.39, 0.29) is 17.9 Å². The highest BCUT2D eigenvalue weighted by Gasteiger charge is 2.15. The molecular formula is C12H9ClN4O2. The summed E-state index contributed by atoms with van der Waals surface area (Å²) in [5.41, 5.74) is 9.51. The number of halogens is 1. The Bertz CT molecular complexity index is 695. The number of pyridine rings is 1. The highest BCUT2D eigenvalue weighted by molar-refractivity contribution is 6.31. The van der Waals surface area contributed by atoms with E-state index in [0.29, 0.717) is 15.9 Å². The van der Waals surface area contributed by atoms with Crippen LogP contribution in [0.2, 0.25) is 5.02 Å². The summed E-state index contributed by atoms with van der Waals surface area (Å²) < 4.78 is 4.90. The van der Waals surface area contributed by atoms with E-state index in [2.05, 4.69) is 15.0 Å². The molecule has 0 unspecified atom stereocenters. The molecule has 0 aliphatic heterocycles. The van der Waals surface area contributed by atoms with Crippen LogP contribution in [0.3, 0.4) is 0 Å². The molecule has 0 saturated carbocycles. The Balaban J connectivity index is 2.74. The Morgan fingerprint density at radius 1 is 1.58 bits per heavy atom. The summed E-state index contributed by atoms with van der Waals surface area (Å²) in [6.45, 7) is 1.92. The molecule has 0 N–H and O–H groups in total. The van der Waals surface area contributed by atoms with E-state index in [0.717, 1.165) is 0 Å². The van der Waals surface area contributed by atoms with Gasteiger partial charge in [-0.1, -0.05) is 16.7 Å². The lowest BCUT2D eigenvalue weighted by molar-refractivity contribution is 0.0527. The van der Waals surface area contributed by atoms with Crippen LogP contribution in [0.5, 0.6) is 0 Å². The number of ether oxygens (including phenoxy) is 1. The zero-order chi connectivity index (χ0) is 13.8. The molecule has 7 heteroatoms. The van der Waals surface area contributed by atoms with Crippen LogP contribution in [-0.2, 0) is 4.74 Å². The third-order valence-corrected chi connectivity index (χ3v) is 2.68. The van der Waals surface area contributed by atoms with E-state index in [9.17, 15) is 4.79 Å². The summed E-state index contributed by atoms with van der Waals surface area (Å²) in [5, 5.41) is 4.53. The number of aromatic nitrogens is 1. The van der Waals surface area contributed by atoms with Crippen molar-refractivity contribution < 1.29 is 9.53 Å². The fraction of sp³-hybridized carbons (Fsp3) is 0.167. The first-order valence-electron chi connectivity index (χ1n) is 5.48. The van der Waals surface area contributed by atoms with Crippen LogP contribution in [0.1, 0.15) is 17.3 Å². The Morgan fingerprint density at radius 2 is 2.37 bits per heavy atom. The summed E-state index contributed by atoms with van der Waals surface area (Å²) in [7, 11) is 0. The van der Waals surface area contributed by atoms with Crippen molar-refractivity contribution in [3.63, 3.8) is 0 Å². The number of benzene rings is 1. The molecule has 0 atom stereocenters. The summed E-state index contributed by atoms with van der Waals surface area (Å²) in [4.78, 5) is 18.7. The minimum Gasteiger partial charge on any atom is -0.462 e. The van der Waals surface area contributed by atoms with Gasteiger partial charge in [0.2, 0.25) is 0 Å². The second-order valence-corrected chi connectivity index (χ2v) is 4.03. The van der Waals surface area contributed by atoms with E-state index in [1.54, 1.807) is 25.1 Å². The number of nitrogens with zero attached hydrogens (tertiary/aromatic N) is 4. The van der Waals surface area contributed by atoms with Gasteiger partial charge in [-0.25, -0.2) is 4.79 Å². The van der Waals surface area contributed by atoms with Gasteiger partial charge >= 0.3 is 5.97 Å². The molecule has 1 heterocycles. The van der Waals surface area contributed by atoms with Crippen molar-refractivity contribution in [1.29, 1.82) is 0 Å². The van der Waals surface area contributed by atoms with Crippen LogP contribution in [0.25, 0.3) is 21.3 Å². The molecule has 0 bridgehead atoms. The maximum absolute atomic E-state index is 11.8. The van der Waals surface area contributed by atoms with Crippen LogP contribution < -0.4 is 0 Å². The maximum atomic E-state index is 11.8. The third-order valence-electron chi connectivity index (χ3n) is 2.44. The summed E-state index contributed by atoms with van der Waals surface area (Å²) in [6.07, 6.45) is 1.33. The zero-order valence-electron chi connectivity index (χ0n) is 10.00. The van der Waals surface area contributed by atoms with Gasteiger partial charge in [0.05, 0.1) is 23.4 Å². The smallest absolute Gasteiger partial charge is 0.340 e. The number of carbonyl (C=O) groups excluding carboxylic acids is 1. The molecule has 0 aliphatic carbocycles. The van der Waals surface area contributed by atoms with Gasteiger partial charge in [0.25, 0.3) is 0 Å². The standard InChI is InChI=1S/C12H9ClN4O2/c1-2-19-12(18)9-6-15-10-4-3-7(13)5-8(10)11(9)16-17-14/h3-6H,2H2,1H3. The Kier molecular flexibility index (Phi) is 3.85. The number of rotatable bonds is 3. The molecule has 0 amide bonds. The van der Waals surface area contributed by atoms with Gasteiger partial charge < -0.3 is 4.74 Å². The molecule has 6 nitrogen and oxygen atoms in total. The molecule has 2 aromatic rings. The predicted molar refractivity (Wildman–Crippen MR) is 71.5 cm³/mol. The SMILES string of the molecule is CCOC(=O)c1cnc2ccc(Cl)cc2c1N=[N+]=[N-]. The Hall–Kier alpha value is -2.30. The first-order chi connectivity index (χ1) is 9.17. The average molecular weight is 277 g/mol. The van der Waals surface area contributed by atoms with Crippen molar-refractivity contribution >= 4 is 34.2 Å². The van der Waals surface area contributed by atoms with Crippen LogP contribution >= 0.6 is 11.6 Å². The lowest BCUT2D eigenvalue weighted by Gasteiger charge is -2.07. The van der Waals surface area contributed by atoms with Crippen LogP contribution in [0.4, 0.5) is 5.69 Å². The molecule has 1 aromatic carbocycles. The fourth-order valence-electron chi connectivity index (χ4n) is 1.66. The van der Waals surface area contributed by atoms with Gasteiger partial charge in [-0.15, -0.1) is 0 Å². The largest absolute Gasteiger partial charge is 0.462 e. The molecule has 19 heavy (non-hydrogen) atoms. The van der Waals surface area contributed by atoms with Gasteiger partial charge in [0.15, 0.2) is 0 Å². The lowest BCUT2D eigenvalue weighted by Crippen LogP contribution is -2.05. The minimum atomic E-state index is -0.584. The third kappa shape index (κ3) is 2.59. The van der Waals surface area contributed by atoms with Gasteiger partial charge in [0.1, 0.15) is 0 Å². The topological polar surface area (TPSA) is 88.0 Å². The molecule has 0 spiro atoms. The molecule has 1 aromatic heterocycles. The lowest BCUT2D eigenvalue weighted by atomic mass is 10.1. The van der Waals surface area contributed by atoms with E-state index in [1.165, 1.54) is 6.20 Å². The summed E-state index contributed by atoms with van der Waals surface area (Å²) in [6, 6.07) is 4.94. The highest BCUT2D eigenvalue weighted by Crippen LogP contribution is 2.31. The van der Waals surface area contributed by atoms with Crippen molar-refractivity contribution in [2.45, 2.75) is 6.92 Å². The van der Waals surface area contributed by atoms with E-state index >= 15 is 0 Å². The van der Waals surface area contributed by atoms with Gasteiger partial charge in [-0.05, 0) is 30.7 Å². The number of esters is 1. The van der Waals surface area contributed by atoms with Crippen LogP contribution in [-0.4, -0.2) is 17.6 Å². The number of hydrogen-bond donors (Lipinski definition) is 0. The first-order valence-corrected chi connectivity index (χ1v) is 5.85. The van der Waals surface area contributed by atoms with Crippen molar-refractivity contribution in [3.8, 4) is 0 Å². The van der Waals surface area contributed by atoms with Crippen LogP contribution in [0.15, 0.2) is 29.5 Å². The fourth-order valence-corrected chi connectivity index (χ4v) is 1.83. The van der Waals surface area contributed by atoms with E-state index < -0.39 is 5.97 Å². The average Bonchev–Trinajstić information content (AvgIpc) is 2.40. The monoisotopic (exact) mass is 276 g/mol. The van der Waals surface area contributed by atoms with Gasteiger partial charge in [-0.3, -0.25) is 4.98 Å². The molecule has 0 aliphatic rings. The van der Waals surface area contributed by atoms with E-state index in [1.807, 2.05) is 0 Å². The molecule has 96 valence electrons. The Labute approximate surface area is 113 Å². The van der Waals surface area contributed by atoms with Crippen LogP contribution in [0, 0.1) is 0 Å². The molecule has 0 radical (unpaired) electrons. The van der Waals surface area contributed by atoms with E-state index in [4.69, 9.17) is 21.9 Å². The van der Waals surface area contributed by atoms with Crippen molar-refractivity contribution in [3.05, 3.63) is 45.4 Å². The number of fused-ring (bicyclic) bond motifs is 1. The van der Waals surface area contributed by atoms with Crippen molar-refractivity contribution in [2.24, 2.45) is 5.11 Å². The summed E-state index contributed by atoms with van der Waals surface area (Å²) in [5.74, 6) is -0.584. The second-order valence-electron chi connectivity index (χ2n) is 3.59. The second kappa shape index (κ2) is 5.56. The first kappa shape index (κ1) is 13.1.